The molecule has 260 valence electrons. The maximum Gasteiger partial charge on any atom is 1.00 e. The van der Waals surface area contributed by atoms with Crippen LogP contribution in [0.4, 0.5) is 4.79 Å². The fraction of sp³-hybridized carbons (Fsp3) is 0.641. The SMILES string of the molecule is C.C.C.C1=C[C@H]2CC[C@@H]1C2.C1CCOC1.C1CCOC1.O=C(OCc1ccccc1)N1C[C@@H]2C=C[C@H]1C2.O=C1C[C@H]2C=C[C@@H]1C2.[AlH3].[H-].[Li+]. The Labute approximate surface area is 310 Å². The fourth-order valence-electron chi connectivity index (χ4n) is 6.83. The van der Waals surface area contributed by atoms with Crippen LogP contribution in [-0.2, 0) is 25.6 Å². The molecule has 6 atom stereocenters. The number of benzene rings is 1. The Morgan fingerprint density at radius 2 is 1.30 bits per heavy atom. The molecule has 6 bridgehead atoms. The quantitative estimate of drug-likeness (QED) is 0.325. The molecule has 3 aliphatic heterocycles. The van der Waals surface area contributed by atoms with E-state index in [1.807, 2.05) is 35.2 Å². The first-order chi connectivity index (χ1) is 20.6. The number of carbonyl (C=O) groups is 2. The minimum atomic E-state index is -0.189. The van der Waals surface area contributed by atoms with E-state index in [4.69, 9.17) is 14.2 Å². The number of hydrogen-bond donors (Lipinski definition) is 0. The maximum absolute atomic E-state index is 11.9. The van der Waals surface area contributed by atoms with E-state index in [9.17, 15) is 9.59 Å². The largest absolute Gasteiger partial charge is 1.00 e. The molecule has 0 unspecified atom stereocenters. The summed E-state index contributed by atoms with van der Waals surface area (Å²) in [7, 11) is 0. The van der Waals surface area contributed by atoms with Gasteiger partial charge in [-0.15, -0.1) is 0 Å². The molecule has 0 N–H and O–H groups in total. The van der Waals surface area contributed by atoms with E-state index < -0.39 is 0 Å². The van der Waals surface area contributed by atoms with Gasteiger partial charge >= 0.3 is 25.0 Å². The summed E-state index contributed by atoms with van der Waals surface area (Å²) >= 11 is 0. The summed E-state index contributed by atoms with van der Waals surface area (Å²) in [5.74, 6) is 3.92. The zero-order valence-electron chi connectivity index (χ0n) is 27.1. The topological polar surface area (TPSA) is 65.1 Å². The third-order valence-corrected chi connectivity index (χ3v) is 9.29. The van der Waals surface area contributed by atoms with Crippen LogP contribution in [0, 0.1) is 29.6 Å². The van der Waals surface area contributed by atoms with Crippen molar-refractivity contribution in [1.82, 2.24) is 4.90 Å². The summed E-state index contributed by atoms with van der Waals surface area (Å²) < 4.78 is 15.2. The molecule has 8 aliphatic rings. The molecule has 0 spiro atoms. The van der Waals surface area contributed by atoms with Gasteiger partial charge in [0.2, 0.25) is 0 Å². The van der Waals surface area contributed by atoms with E-state index in [1.165, 1.54) is 44.9 Å². The average molecular weight is 662 g/mol. The molecular weight excluding hydrogens is 596 g/mol. The van der Waals surface area contributed by atoms with Gasteiger partial charge in [0.05, 0.1) is 6.04 Å². The van der Waals surface area contributed by atoms with E-state index in [0.717, 1.165) is 69.6 Å². The Balaban J connectivity index is 0. The van der Waals surface area contributed by atoms with E-state index in [1.54, 1.807) is 0 Å². The molecule has 6 nitrogen and oxygen atoms in total. The number of Topliss-reactive ketones (excluding diaryl/α,β-unsaturated/α-hetero) is 1. The molecule has 0 radical (unpaired) electrons. The van der Waals surface area contributed by atoms with Gasteiger partial charge in [0.1, 0.15) is 12.4 Å². The van der Waals surface area contributed by atoms with Gasteiger partial charge in [-0.25, -0.2) is 4.79 Å². The minimum Gasteiger partial charge on any atom is -1.00 e. The van der Waals surface area contributed by atoms with Gasteiger partial charge in [0.25, 0.3) is 0 Å². The number of carbonyl (C=O) groups excluding carboxylic acids is 2. The molecule has 5 fully saturated rings. The van der Waals surface area contributed by atoms with Crippen LogP contribution in [0.2, 0.25) is 0 Å². The van der Waals surface area contributed by atoms with Crippen LogP contribution in [0.15, 0.2) is 66.8 Å². The molecule has 8 heteroatoms. The van der Waals surface area contributed by atoms with Crippen molar-refractivity contribution in [3.05, 3.63) is 72.4 Å². The number of nitrogens with zero attached hydrogens (tertiary/aromatic N) is 1. The molecule has 1 amide bonds. The van der Waals surface area contributed by atoms with Crippen LogP contribution in [0.5, 0.6) is 0 Å². The van der Waals surface area contributed by atoms with E-state index in [-0.39, 0.29) is 72.1 Å². The van der Waals surface area contributed by atoms with Gasteiger partial charge in [0.15, 0.2) is 17.4 Å². The summed E-state index contributed by atoms with van der Waals surface area (Å²) in [5.41, 5.74) is 1.03. The standard InChI is InChI=1S/C14H15NO2.C7H8O.C7H10.2C4H8O.3CH4.Al.Li.4H/c16-14(15-9-12-6-7-13(15)8-12)17-10-11-4-2-1-3-5-11;8-7-4-5-1-2-6(7)3-5;1-2-7-4-3-6(1)5-7;2*1-2-4-5-3-1;;;;;;;;;/h1-7,12-13H,8-10H2;1-2,5-6H,3-4H2;1-2,6-7H,3-5H2;2*1-4H2;3*1H4;;;;;;/q;;;;;;;;;+1;;;;-1/t12-,13+;5-,6+;6-,7+;;;;;;;;;;;/m10............/s1. The molecule has 1 aromatic rings. The fourth-order valence-corrected chi connectivity index (χ4v) is 6.83. The monoisotopic (exact) mass is 661 g/mol. The summed E-state index contributed by atoms with van der Waals surface area (Å²) in [6.45, 7) is 5.17. The van der Waals surface area contributed by atoms with Crippen molar-refractivity contribution in [1.29, 1.82) is 0 Å². The van der Waals surface area contributed by atoms with Crippen LogP contribution in [-0.4, -0.2) is 73.2 Å². The van der Waals surface area contributed by atoms with Crippen LogP contribution in [0.1, 0.15) is 93.5 Å². The summed E-state index contributed by atoms with van der Waals surface area (Å²) in [4.78, 5) is 24.5. The summed E-state index contributed by atoms with van der Waals surface area (Å²) in [6.07, 6.45) is 25.6. The van der Waals surface area contributed by atoms with Gasteiger partial charge in [0, 0.05) is 45.3 Å². The number of ether oxygens (including phenoxy) is 3. The van der Waals surface area contributed by atoms with Gasteiger partial charge in [-0.1, -0.05) is 89.1 Å². The number of likely N-dealkylation sites (tertiary alicyclic amines) is 1. The first-order valence-corrected chi connectivity index (χ1v) is 16.3. The van der Waals surface area contributed by atoms with Crippen molar-refractivity contribution in [3.63, 3.8) is 0 Å². The Morgan fingerprint density at radius 3 is 1.62 bits per heavy atom. The van der Waals surface area contributed by atoms with Crippen LogP contribution in [0.3, 0.4) is 0 Å². The first kappa shape index (κ1) is 45.4. The van der Waals surface area contributed by atoms with E-state index in [0.29, 0.717) is 30.1 Å². The second kappa shape index (κ2) is 24.5. The van der Waals surface area contributed by atoms with Gasteiger partial charge < -0.3 is 20.5 Å². The van der Waals surface area contributed by atoms with Crippen molar-refractivity contribution >= 4 is 29.2 Å². The molecule has 9 rings (SSSR count). The zero-order chi connectivity index (χ0) is 29.0. The van der Waals surface area contributed by atoms with Crippen LogP contribution >= 0.6 is 0 Å². The predicted molar refractivity (Wildman–Crippen MR) is 196 cm³/mol. The maximum atomic E-state index is 11.9. The molecule has 3 heterocycles. The van der Waals surface area contributed by atoms with Crippen molar-refractivity contribution < 1.29 is 44.1 Å². The number of ketones is 1. The molecular formula is C39H65AlLiNO5. The van der Waals surface area contributed by atoms with E-state index in [2.05, 4.69) is 36.5 Å². The second-order valence-electron chi connectivity index (χ2n) is 12.7. The molecule has 0 aromatic heterocycles. The van der Waals surface area contributed by atoms with Gasteiger partial charge in [-0.3, -0.25) is 4.79 Å². The number of hydrogen-bond acceptors (Lipinski definition) is 5. The third kappa shape index (κ3) is 14.8. The predicted octanol–water partition coefficient (Wildman–Crippen LogP) is 5.14. The van der Waals surface area contributed by atoms with Crippen LogP contribution < -0.4 is 18.9 Å². The normalized spacial score (nSPS) is 28.2. The summed E-state index contributed by atoms with van der Waals surface area (Å²) in [6, 6.07) is 10.0. The molecule has 2 saturated carbocycles. The number of allylic oxidation sites excluding steroid dienone is 4. The van der Waals surface area contributed by atoms with Crippen molar-refractivity contribution in [2.45, 2.75) is 99.1 Å². The number of fused-ring (bicyclic) bond motifs is 6. The van der Waals surface area contributed by atoms with Crippen LogP contribution in [0.25, 0.3) is 0 Å². The molecule has 5 aliphatic carbocycles. The first-order valence-electron chi connectivity index (χ1n) is 16.3. The second-order valence-corrected chi connectivity index (χ2v) is 12.7. The number of rotatable bonds is 2. The summed E-state index contributed by atoms with van der Waals surface area (Å²) in [5, 5.41) is 0. The van der Waals surface area contributed by atoms with Gasteiger partial charge in [-0.05, 0) is 87.0 Å². The molecule has 1 aromatic carbocycles. The van der Waals surface area contributed by atoms with Crippen molar-refractivity contribution in [2.24, 2.45) is 29.6 Å². The van der Waals surface area contributed by atoms with Gasteiger partial charge in [-0.2, -0.15) is 0 Å². The molecule has 47 heavy (non-hydrogen) atoms. The van der Waals surface area contributed by atoms with Crippen molar-refractivity contribution in [2.75, 3.05) is 33.0 Å². The zero-order valence-corrected chi connectivity index (χ0v) is 26.1. The van der Waals surface area contributed by atoms with E-state index >= 15 is 0 Å². The third-order valence-electron chi connectivity index (χ3n) is 9.29. The Bertz CT molecular complexity index is 1060. The molecule has 3 saturated heterocycles. The minimum absolute atomic E-state index is 0. The van der Waals surface area contributed by atoms with Crippen molar-refractivity contribution in [3.8, 4) is 0 Å². The average Bonchev–Trinajstić information content (AvgIpc) is 3.90. The Kier molecular flexibility index (Phi) is 23.7. The Morgan fingerprint density at radius 1 is 0.745 bits per heavy atom. The number of amides is 1. The Hall–Kier alpha value is -1.57. The smallest absolute Gasteiger partial charge is 1.00 e.